The second kappa shape index (κ2) is 13.9. The molecular formula is C23H36N2O2. The highest BCUT2D eigenvalue weighted by Gasteiger charge is 2.23. The number of amides is 2. The summed E-state index contributed by atoms with van der Waals surface area (Å²) in [6, 6.07) is 10.1. The van der Waals surface area contributed by atoms with Crippen molar-refractivity contribution in [2.45, 2.75) is 78.4 Å². The van der Waals surface area contributed by atoms with Crippen LogP contribution in [0.3, 0.4) is 0 Å². The second-order valence-corrected chi connectivity index (χ2v) is 6.14. The van der Waals surface area contributed by atoms with Gasteiger partial charge >= 0.3 is 6.03 Å². The van der Waals surface area contributed by atoms with Gasteiger partial charge in [-0.2, -0.15) is 0 Å². The summed E-state index contributed by atoms with van der Waals surface area (Å²) in [5.74, 6) is 0.928. The lowest BCUT2D eigenvalue weighted by molar-refractivity contribution is 0.140. The number of ether oxygens (including phenoxy) is 1. The van der Waals surface area contributed by atoms with Crippen LogP contribution in [-0.2, 0) is 0 Å². The monoisotopic (exact) mass is 372 g/mol. The number of carbonyl (C=O) groups excluding carboxylic acids is 1. The van der Waals surface area contributed by atoms with Crippen molar-refractivity contribution in [2.75, 3.05) is 0 Å². The minimum atomic E-state index is -0.102. The fourth-order valence-electron chi connectivity index (χ4n) is 3.08. The van der Waals surface area contributed by atoms with Gasteiger partial charge in [0.05, 0.1) is 6.10 Å². The normalized spacial score (nSPS) is 20.7. The summed E-state index contributed by atoms with van der Waals surface area (Å²) in [5, 5.41) is 5.98. The van der Waals surface area contributed by atoms with Gasteiger partial charge < -0.3 is 15.4 Å². The zero-order valence-corrected chi connectivity index (χ0v) is 17.3. The molecule has 2 aliphatic carbocycles. The number of para-hydroxylation sites is 1. The first-order valence-electron chi connectivity index (χ1n) is 10.5. The molecule has 1 saturated carbocycles. The molecule has 4 nitrogen and oxygen atoms in total. The maximum Gasteiger partial charge on any atom is 0.319 e. The third-order valence-electron chi connectivity index (χ3n) is 4.31. The molecule has 0 bridgehead atoms. The van der Waals surface area contributed by atoms with Gasteiger partial charge in [0.2, 0.25) is 0 Å². The maximum absolute atomic E-state index is 12.0. The van der Waals surface area contributed by atoms with Crippen molar-refractivity contribution in [1.82, 2.24) is 10.6 Å². The molecule has 0 aromatic heterocycles. The van der Waals surface area contributed by atoms with Crippen LogP contribution >= 0.6 is 0 Å². The topological polar surface area (TPSA) is 50.4 Å². The molecule has 0 heterocycles. The SMILES string of the molecule is CC.CC.O=C(NC1=CCCC=C1)NC1CCC(Oc2ccccc2)CC1. The van der Waals surface area contributed by atoms with Crippen LogP contribution < -0.4 is 15.4 Å². The molecule has 0 spiro atoms. The van der Waals surface area contributed by atoms with Crippen molar-refractivity contribution in [3.63, 3.8) is 0 Å². The van der Waals surface area contributed by atoms with E-state index in [0.717, 1.165) is 50.0 Å². The Hall–Kier alpha value is -2.23. The van der Waals surface area contributed by atoms with Crippen LogP contribution in [0.2, 0.25) is 0 Å². The van der Waals surface area contributed by atoms with Gasteiger partial charge in [0, 0.05) is 11.7 Å². The fourth-order valence-corrected chi connectivity index (χ4v) is 3.08. The third kappa shape index (κ3) is 8.80. The van der Waals surface area contributed by atoms with E-state index in [4.69, 9.17) is 4.74 Å². The zero-order valence-electron chi connectivity index (χ0n) is 17.3. The highest BCUT2D eigenvalue weighted by Crippen LogP contribution is 2.23. The van der Waals surface area contributed by atoms with E-state index >= 15 is 0 Å². The summed E-state index contributed by atoms with van der Waals surface area (Å²) >= 11 is 0. The van der Waals surface area contributed by atoms with Crippen LogP contribution in [0.1, 0.15) is 66.2 Å². The number of hydrogen-bond acceptors (Lipinski definition) is 2. The molecule has 0 aliphatic heterocycles. The standard InChI is InChI=1S/C19H24N2O2.2C2H6/c22-19(20-15-7-3-1-4-8-15)21-16-11-13-18(14-12-16)23-17-9-5-2-6-10-17;2*1-2/h2-3,5-10,16,18H,1,4,11-14H2,(H2,20,21,22);2*1-2H3. The molecule has 27 heavy (non-hydrogen) atoms. The first kappa shape index (κ1) is 22.8. The molecular weight excluding hydrogens is 336 g/mol. The summed E-state index contributed by atoms with van der Waals surface area (Å²) in [7, 11) is 0. The minimum Gasteiger partial charge on any atom is -0.490 e. The van der Waals surface area contributed by atoms with E-state index < -0.39 is 0 Å². The van der Waals surface area contributed by atoms with Crippen molar-refractivity contribution in [1.29, 1.82) is 0 Å². The summed E-state index contributed by atoms with van der Waals surface area (Å²) in [6.45, 7) is 8.00. The van der Waals surface area contributed by atoms with Crippen molar-refractivity contribution in [3.05, 3.63) is 54.3 Å². The molecule has 0 unspecified atom stereocenters. The first-order chi connectivity index (χ1) is 13.3. The van der Waals surface area contributed by atoms with Gasteiger partial charge in [0.1, 0.15) is 5.75 Å². The van der Waals surface area contributed by atoms with E-state index in [1.165, 1.54) is 0 Å². The van der Waals surface area contributed by atoms with Gasteiger partial charge in [-0.15, -0.1) is 0 Å². The molecule has 1 aromatic carbocycles. The van der Waals surface area contributed by atoms with Crippen LogP contribution in [0.4, 0.5) is 4.79 Å². The minimum absolute atomic E-state index is 0.102. The molecule has 0 atom stereocenters. The number of benzene rings is 1. The zero-order chi connectivity index (χ0) is 19.9. The van der Waals surface area contributed by atoms with Gasteiger partial charge in [-0.05, 0) is 56.7 Å². The average Bonchev–Trinajstić information content (AvgIpc) is 2.74. The van der Waals surface area contributed by atoms with E-state index in [1.807, 2.05) is 64.1 Å². The van der Waals surface area contributed by atoms with Gasteiger partial charge in [-0.25, -0.2) is 4.79 Å². The van der Waals surface area contributed by atoms with Gasteiger partial charge in [0.15, 0.2) is 0 Å². The number of urea groups is 1. The number of nitrogens with one attached hydrogen (secondary N) is 2. The largest absolute Gasteiger partial charge is 0.490 e. The Balaban J connectivity index is 0.000000855. The fraction of sp³-hybridized carbons (Fsp3) is 0.522. The van der Waals surface area contributed by atoms with Crippen molar-refractivity contribution in [2.24, 2.45) is 0 Å². The van der Waals surface area contributed by atoms with E-state index in [9.17, 15) is 4.79 Å². The Kier molecular flexibility index (Phi) is 11.7. The summed E-state index contributed by atoms with van der Waals surface area (Å²) in [6.07, 6.45) is 12.3. The van der Waals surface area contributed by atoms with Crippen LogP contribution in [-0.4, -0.2) is 18.2 Å². The molecule has 4 heteroatoms. The Labute approximate surface area is 165 Å². The van der Waals surface area contributed by atoms with Crippen LogP contribution in [0.25, 0.3) is 0 Å². The van der Waals surface area contributed by atoms with Gasteiger partial charge in [-0.3, -0.25) is 0 Å². The van der Waals surface area contributed by atoms with Gasteiger partial charge in [-0.1, -0.05) is 58.0 Å². The predicted octanol–water partition coefficient (Wildman–Crippen LogP) is 5.96. The highest BCUT2D eigenvalue weighted by molar-refractivity contribution is 5.76. The Morgan fingerprint density at radius 3 is 2.22 bits per heavy atom. The molecule has 2 aliphatic rings. The van der Waals surface area contributed by atoms with Crippen LogP contribution in [0.15, 0.2) is 54.3 Å². The van der Waals surface area contributed by atoms with E-state index in [1.54, 1.807) is 0 Å². The lowest BCUT2D eigenvalue weighted by atomic mass is 9.93. The summed E-state index contributed by atoms with van der Waals surface area (Å²) in [4.78, 5) is 12.0. The third-order valence-corrected chi connectivity index (χ3v) is 4.31. The lowest BCUT2D eigenvalue weighted by Crippen LogP contribution is -2.44. The molecule has 0 saturated heterocycles. The lowest BCUT2D eigenvalue weighted by Gasteiger charge is -2.29. The maximum atomic E-state index is 12.0. The quantitative estimate of drug-likeness (QED) is 0.685. The Morgan fingerprint density at radius 2 is 1.63 bits per heavy atom. The number of hydrogen-bond donors (Lipinski definition) is 2. The second-order valence-electron chi connectivity index (χ2n) is 6.14. The number of carbonyl (C=O) groups is 1. The van der Waals surface area contributed by atoms with E-state index in [-0.39, 0.29) is 18.2 Å². The first-order valence-corrected chi connectivity index (χ1v) is 10.5. The van der Waals surface area contributed by atoms with E-state index in [2.05, 4.69) is 22.8 Å². The van der Waals surface area contributed by atoms with E-state index in [0.29, 0.717) is 0 Å². The number of rotatable bonds is 4. The average molecular weight is 373 g/mol. The molecule has 150 valence electrons. The molecule has 3 rings (SSSR count). The van der Waals surface area contributed by atoms with Crippen LogP contribution in [0, 0.1) is 0 Å². The van der Waals surface area contributed by atoms with Crippen LogP contribution in [0.5, 0.6) is 5.75 Å². The molecule has 2 amide bonds. The molecule has 2 N–H and O–H groups in total. The van der Waals surface area contributed by atoms with Crippen molar-refractivity contribution >= 4 is 6.03 Å². The number of allylic oxidation sites excluding steroid dienone is 3. The smallest absolute Gasteiger partial charge is 0.319 e. The van der Waals surface area contributed by atoms with Crippen molar-refractivity contribution < 1.29 is 9.53 Å². The Morgan fingerprint density at radius 1 is 0.963 bits per heavy atom. The molecule has 1 aromatic rings. The summed E-state index contributed by atoms with van der Waals surface area (Å²) in [5.41, 5.74) is 0.898. The molecule has 1 fully saturated rings. The van der Waals surface area contributed by atoms with Gasteiger partial charge in [0.25, 0.3) is 0 Å². The highest BCUT2D eigenvalue weighted by atomic mass is 16.5. The van der Waals surface area contributed by atoms with Crippen molar-refractivity contribution in [3.8, 4) is 5.75 Å². The summed E-state index contributed by atoms with van der Waals surface area (Å²) < 4.78 is 5.98. The molecule has 0 radical (unpaired) electrons. The Bertz CT molecular complexity index is 573. The predicted molar refractivity (Wildman–Crippen MR) is 114 cm³/mol.